The Balaban J connectivity index is 1.90. The van der Waals surface area contributed by atoms with Crippen molar-refractivity contribution in [3.63, 3.8) is 0 Å². The number of fused-ring (bicyclic) bond motifs is 1. The number of halogens is 1. The van der Waals surface area contributed by atoms with E-state index in [1.165, 1.54) is 23.8 Å². The average molecular weight is 284 g/mol. The van der Waals surface area contributed by atoms with Gasteiger partial charge in [-0.15, -0.1) is 0 Å². The number of benzene rings is 2. The van der Waals surface area contributed by atoms with Crippen LogP contribution in [0.25, 0.3) is 0 Å². The Bertz CT molecular complexity index is 684. The van der Waals surface area contributed by atoms with Crippen molar-refractivity contribution in [3.8, 4) is 0 Å². The monoisotopic (exact) mass is 284 g/mol. The Morgan fingerprint density at radius 3 is 2.71 bits per heavy atom. The van der Waals surface area contributed by atoms with E-state index in [1.807, 2.05) is 18.2 Å². The number of hydrogen-bond acceptors (Lipinski definition) is 2. The third-order valence-electron chi connectivity index (χ3n) is 3.86. The van der Waals surface area contributed by atoms with Gasteiger partial charge in [-0.2, -0.15) is 0 Å². The van der Waals surface area contributed by atoms with Gasteiger partial charge < -0.3 is 10.6 Å². The van der Waals surface area contributed by atoms with Crippen molar-refractivity contribution in [1.29, 1.82) is 0 Å². The van der Waals surface area contributed by atoms with Gasteiger partial charge in [-0.3, -0.25) is 4.79 Å². The summed E-state index contributed by atoms with van der Waals surface area (Å²) in [5.74, 6) is -0.816. The second-order valence-electron chi connectivity index (χ2n) is 5.34. The van der Waals surface area contributed by atoms with Crippen molar-refractivity contribution in [1.82, 2.24) is 4.90 Å². The molecule has 0 aliphatic carbocycles. The highest BCUT2D eigenvalue weighted by Crippen LogP contribution is 2.21. The highest BCUT2D eigenvalue weighted by Gasteiger charge is 2.22. The normalized spacial score (nSPS) is 14.4. The van der Waals surface area contributed by atoms with E-state index < -0.39 is 5.82 Å². The molecule has 108 valence electrons. The molecule has 2 N–H and O–H groups in total. The summed E-state index contributed by atoms with van der Waals surface area (Å²) in [5, 5.41) is 0. The van der Waals surface area contributed by atoms with E-state index in [0.29, 0.717) is 18.8 Å². The summed E-state index contributed by atoms with van der Waals surface area (Å²) in [7, 11) is 0. The maximum atomic E-state index is 13.9. The van der Waals surface area contributed by atoms with Gasteiger partial charge in [-0.05, 0) is 42.2 Å². The lowest BCUT2D eigenvalue weighted by atomic mass is 10.0. The second-order valence-corrected chi connectivity index (χ2v) is 5.34. The molecule has 2 aromatic rings. The van der Waals surface area contributed by atoms with Crippen LogP contribution in [-0.2, 0) is 13.0 Å². The number of rotatable bonds is 1. The molecule has 3 rings (SSSR count). The van der Waals surface area contributed by atoms with E-state index in [4.69, 9.17) is 5.73 Å². The second kappa shape index (κ2) is 5.56. The molecule has 0 aromatic heterocycles. The molecule has 0 unspecified atom stereocenters. The van der Waals surface area contributed by atoms with Crippen LogP contribution in [0.2, 0.25) is 0 Å². The van der Waals surface area contributed by atoms with E-state index in [0.717, 1.165) is 18.4 Å². The SMILES string of the molecule is Nc1ccc(F)c(C(=O)N2CCCc3ccccc3C2)c1. The van der Waals surface area contributed by atoms with Crippen molar-refractivity contribution < 1.29 is 9.18 Å². The first kappa shape index (κ1) is 13.6. The number of hydrogen-bond donors (Lipinski definition) is 1. The van der Waals surface area contributed by atoms with Crippen LogP contribution in [0.1, 0.15) is 27.9 Å². The van der Waals surface area contributed by atoms with Crippen LogP contribution >= 0.6 is 0 Å². The van der Waals surface area contributed by atoms with E-state index in [1.54, 1.807) is 4.90 Å². The first-order valence-corrected chi connectivity index (χ1v) is 7.06. The summed E-state index contributed by atoms with van der Waals surface area (Å²) in [4.78, 5) is 14.3. The van der Waals surface area contributed by atoms with Gasteiger partial charge in [0, 0.05) is 18.8 Å². The minimum absolute atomic E-state index is 0.0504. The molecule has 0 spiro atoms. The van der Waals surface area contributed by atoms with Crippen molar-refractivity contribution >= 4 is 11.6 Å². The summed E-state index contributed by atoms with van der Waals surface area (Å²) < 4.78 is 13.9. The summed E-state index contributed by atoms with van der Waals surface area (Å²) in [6.07, 6.45) is 1.83. The van der Waals surface area contributed by atoms with Gasteiger partial charge in [0.2, 0.25) is 0 Å². The lowest BCUT2D eigenvalue weighted by Gasteiger charge is -2.21. The van der Waals surface area contributed by atoms with Crippen LogP contribution in [0.5, 0.6) is 0 Å². The van der Waals surface area contributed by atoms with Gasteiger partial charge in [-0.25, -0.2) is 4.39 Å². The van der Waals surface area contributed by atoms with E-state index in [9.17, 15) is 9.18 Å². The van der Waals surface area contributed by atoms with Crippen molar-refractivity contribution in [2.75, 3.05) is 12.3 Å². The maximum Gasteiger partial charge on any atom is 0.257 e. The van der Waals surface area contributed by atoms with Crippen LogP contribution in [-0.4, -0.2) is 17.4 Å². The van der Waals surface area contributed by atoms with Gasteiger partial charge >= 0.3 is 0 Å². The van der Waals surface area contributed by atoms with Gasteiger partial charge in [0.1, 0.15) is 5.82 Å². The van der Waals surface area contributed by atoms with Crippen LogP contribution < -0.4 is 5.73 Å². The predicted octanol–water partition coefficient (Wildman–Crippen LogP) is 3.00. The molecule has 0 radical (unpaired) electrons. The van der Waals surface area contributed by atoms with Crippen LogP contribution in [0, 0.1) is 5.82 Å². The zero-order valence-electron chi connectivity index (χ0n) is 11.7. The number of nitrogen functional groups attached to an aromatic ring is 1. The van der Waals surface area contributed by atoms with Gasteiger partial charge in [0.15, 0.2) is 0 Å². The predicted molar refractivity (Wildman–Crippen MR) is 80.3 cm³/mol. The van der Waals surface area contributed by atoms with E-state index >= 15 is 0 Å². The average Bonchev–Trinajstić information content (AvgIpc) is 2.71. The number of carbonyl (C=O) groups is 1. The third kappa shape index (κ3) is 2.75. The van der Waals surface area contributed by atoms with Crippen molar-refractivity contribution in [2.45, 2.75) is 19.4 Å². The minimum Gasteiger partial charge on any atom is -0.399 e. The summed E-state index contributed by atoms with van der Waals surface area (Å²) in [5.41, 5.74) is 8.51. The fraction of sp³-hybridized carbons (Fsp3) is 0.235. The molecule has 0 atom stereocenters. The van der Waals surface area contributed by atoms with Gasteiger partial charge in [-0.1, -0.05) is 24.3 Å². The zero-order valence-corrected chi connectivity index (χ0v) is 11.7. The molecule has 1 heterocycles. The molecule has 21 heavy (non-hydrogen) atoms. The molecule has 0 saturated heterocycles. The number of nitrogens with two attached hydrogens (primary N) is 1. The van der Waals surface area contributed by atoms with Crippen LogP contribution in [0.3, 0.4) is 0 Å². The fourth-order valence-corrected chi connectivity index (χ4v) is 2.75. The Morgan fingerprint density at radius 2 is 1.90 bits per heavy atom. The quantitative estimate of drug-likeness (QED) is 0.818. The maximum absolute atomic E-state index is 13.9. The lowest BCUT2D eigenvalue weighted by Crippen LogP contribution is -2.31. The van der Waals surface area contributed by atoms with E-state index in [2.05, 4.69) is 6.07 Å². The van der Waals surface area contributed by atoms with Crippen molar-refractivity contribution in [3.05, 3.63) is 65.0 Å². The number of amides is 1. The first-order chi connectivity index (χ1) is 10.1. The largest absolute Gasteiger partial charge is 0.399 e. The molecule has 4 heteroatoms. The molecule has 1 aliphatic heterocycles. The summed E-state index contributed by atoms with van der Waals surface area (Å²) >= 11 is 0. The molecule has 2 aromatic carbocycles. The fourth-order valence-electron chi connectivity index (χ4n) is 2.75. The van der Waals surface area contributed by atoms with Gasteiger partial charge in [0.25, 0.3) is 5.91 Å². The Morgan fingerprint density at radius 1 is 1.14 bits per heavy atom. The molecular formula is C17H17FN2O. The molecule has 1 amide bonds. The molecule has 0 bridgehead atoms. The van der Waals surface area contributed by atoms with Crippen molar-refractivity contribution in [2.24, 2.45) is 0 Å². The molecule has 0 fully saturated rings. The standard InChI is InChI=1S/C17H17FN2O/c18-16-8-7-14(19)10-15(16)17(21)20-9-3-6-12-4-1-2-5-13(12)11-20/h1-2,4-5,7-8,10H,3,6,9,11,19H2. The molecule has 0 saturated carbocycles. The smallest absolute Gasteiger partial charge is 0.257 e. The minimum atomic E-state index is -0.522. The third-order valence-corrected chi connectivity index (χ3v) is 3.86. The number of anilines is 1. The first-order valence-electron chi connectivity index (χ1n) is 7.06. The van der Waals surface area contributed by atoms with Crippen LogP contribution in [0.4, 0.5) is 10.1 Å². The zero-order chi connectivity index (χ0) is 14.8. The summed E-state index contributed by atoms with van der Waals surface area (Å²) in [6, 6.07) is 12.2. The topological polar surface area (TPSA) is 46.3 Å². The number of aryl methyl sites for hydroxylation is 1. The Labute approximate surface area is 123 Å². The van der Waals surface area contributed by atoms with E-state index in [-0.39, 0.29) is 11.5 Å². The highest BCUT2D eigenvalue weighted by molar-refractivity contribution is 5.95. The highest BCUT2D eigenvalue weighted by atomic mass is 19.1. The Hall–Kier alpha value is -2.36. The summed E-state index contributed by atoms with van der Waals surface area (Å²) in [6.45, 7) is 1.14. The van der Waals surface area contributed by atoms with Crippen LogP contribution in [0.15, 0.2) is 42.5 Å². The lowest BCUT2D eigenvalue weighted by molar-refractivity contribution is 0.0741. The Kier molecular flexibility index (Phi) is 3.60. The van der Waals surface area contributed by atoms with Gasteiger partial charge in [0.05, 0.1) is 5.56 Å². The number of nitrogens with zero attached hydrogens (tertiary/aromatic N) is 1. The molecule has 3 nitrogen and oxygen atoms in total. The molecular weight excluding hydrogens is 267 g/mol. The molecule has 1 aliphatic rings. The number of carbonyl (C=O) groups excluding carboxylic acids is 1.